The topological polar surface area (TPSA) is 89.4 Å². The lowest BCUT2D eigenvalue weighted by atomic mass is 10.0. The van der Waals surface area contributed by atoms with E-state index in [1.807, 2.05) is 61.0 Å². The van der Waals surface area contributed by atoms with Crippen LogP contribution < -0.4 is 15.5 Å². The smallest absolute Gasteiger partial charge is 0.243 e. The van der Waals surface area contributed by atoms with Crippen LogP contribution in [0.4, 0.5) is 0 Å². The number of fused-ring (bicyclic) bond motifs is 1. The van der Waals surface area contributed by atoms with Gasteiger partial charge in [-0.15, -0.1) is 0 Å². The molecule has 3 aliphatic rings. The van der Waals surface area contributed by atoms with Gasteiger partial charge in [-0.2, -0.15) is 4.99 Å². The first-order valence-corrected chi connectivity index (χ1v) is 13.4. The lowest BCUT2D eigenvalue weighted by Gasteiger charge is -2.23. The number of quaternary nitrogens is 1. The minimum atomic E-state index is -3.67. The molecule has 184 valence electrons. The summed E-state index contributed by atoms with van der Waals surface area (Å²) < 4.78 is 32.6. The van der Waals surface area contributed by atoms with Crippen molar-refractivity contribution in [1.82, 2.24) is 5.01 Å². The molecule has 2 heterocycles. The van der Waals surface area contributed by atoms with E-state index in [4.69, 9.17) is 15.6 Å². The normalized spacial score (nSPS) is 18.3. The number of allylic oxidation sites excluding steroid dienone is 3. The Morgan fingerprint density at radius 3 is 2.57 bits per heavy atom. The first kappa shape index (κ1) is 23.2. The van der Waals surface area contributed by atoms with Gasteiger partial charge >= 0.3 is 0 Å². The monoisotopic (exact) mass is 509 g/mol. The van der Waals surface area contributed by atoms with Gasteiger partial charge in [-0.3, -0.25) is 0 Å². The van der Waals surface area contributed by atoms with E-state index in [0.717, 1.165) is 33.3 Å². The maximum atomic E-state index is 13.3. The number of ether oxygens (including phenoxy) is 1. The number of rotatable bonds is 7. The maximum Gasteiger partial charge on any atom is 0.243 e. The van der Waals surface area contributed by atoms with Crippen LogP contribution in [0.3, 0.4) is 0 Å². The van der Waals surface area contributed by atoms with Crippen LogP contribution in [0.15, 0.2) is 141 Å². The van der Waals surface area contributed by atoms with Gasteiger partial charge in [-0.1, -0.05) is 60.7 Å². The van der Waals surface area contributed by atoms with E-state index in [9.17, 15) is 8.42 Å². The molecule has 0 aromatic heterocycles. The number of benzene rings is 3. The fourth-order valence-corrected chi connectivity index (χ4v) is 6.07. The van der Waals surface area contributed by atoms with Crippen molar-refractivity contribution in [3.8, 4) is 5.75 Å². The molecule has 3 aromatic carbocycles. The summed E-state index contributed by atoms with van der Waals surface area (Å²) in [4.78, 5) is 6.52. The van der Waals surface area contributed by atoms with Gasteiger partial charge in [0.15, 0.2) is 5.70 Å². The van der Waals surface area contributed by atoms with Crippen LogP contribution >= 0.6 is 0 Å². The number of hydrogen-bond donors (Lipinski definition) is 2. The molecule has 3 aromatic rings. The summed E-state index contributed by atoms with van der Waals surface area (Å²) >= 11 is 0. The zero-order chi connectivity index (χ0) is 25.4. The molecule has 0 radical (unpaired) electrons. The quantitative estimate of drug-likeness (QED) is 0.478. The molecular weight excluding hydrogens is 484 g/mol. The van der Waals surface area contributed by atoms with Crippen LogP contribution in [-0.2, 0) is 16.4 Å². The second-order valence-corrected chi connectivity index (χ2v) is 10.8. The second kappa shape index (κ2) is 9.33. The molecule has 3 N–H and O–H groups in total. The van der Waals surface area contributed by atoms with Crippen LogP contribution in [0.2, 0.25) is 0 Å². The van der Waals surface area contributed by atoms with Crippen LogP contribution in [0, 0.1) is 0 Å². The van der Waals surface area contributed by atoms with Crippen LogP contribution in [0.1, 0.15) is 11.1 Å². The van der Waals surface area contributed by atoms with Crippen molar-refractivity contribution >= 4 is 15.7 Å². The van der Waals surface area contributed by atoms with E-state index in [2.05, 4.69) is 0 Å². The largest absolute Gasteiger partial charge is 0.489 e. The van der Waals surface area contributed by atoms with Crippen molar-refractivity contribution in [3.05, 3.63) is 138 Å². The van der Waals surface area contributed by atoms with Crippen molar-refractivity contribution in [1.29, 1.82) is 0 Å². The lowest BCUT2D eigenvalue weighted by Crippen LogP contribution is -3.09. The zero-order valence-corrected chi connectivity index (χ0v) is 20.7. The predicted octanol–water partition coefficient (Wildman–Crippen LogP) is 3.11. The highest BCUT2D eigenvalue weighted by Crippen LogP contribution is 2.28. The highest BCUT2D eigenvalue weighted by atomic mass is 32.2. The summed E-state index contributed by atoms with van der Waals surface area (Å²) in [5, 5.41) is 1.65. The molecule has 8 heteroatoms. The number of amidine groups is 1. The second-order valence-electron chi connectivity index (χ2n) is 8.91. The summed E-state index contributed by atoms with van der Waals surface area (Å²) in [5.74, 6) is 7.54. The van der Waals surface area contributed by atoms with Gasteiger partial charge in [0.1, 0.15) is 30.8 Å². The van der Waals surface area contributed by atoms with Gasteiger partial charge in [0, 0.05) is 11.1 Å². The predicted molar refractivity (Wildman–Crippen MR) is 141 cm³/mol. The van der Waals surface area contributed by atoms with E-state index < -0.39 is 9.84 Å². The zero-order valence-electron chi connectivity index (χ0n) is 19.9. The van der Waals surface area contributed by atoms with Crippen molar-refractivity contribution in [3.63, 3.8) is 0 Å². The van der Waals surface area contributed by atoms with Crippen LogP contribution in [-0.4, -0.2) is 25.8 Å². The Morgan fingerprint density at radius 1 is 1.00 bits per heavy atom. The van der Waals surface area contributed by atoms with Gasteiger partial charge in [-0.25, -0.2) is 19.2 Å². The van der Waals surface area contributed by atoms with Crippen LogP contribution in [0.25, 0.3) is 0 Å². The number of nitrogens with two attached hydrogens (primary N) is 1. The molecule has 1 unspecified atom stereocenters. The van der Waals surface area contributed by atoms with Crippen molar-refractivity contribution < 1.29 is 18.1 Å². The molecule has 0 saturated heterocycles. The van der Waals surface area contributed by atoms with E-state index in [0.29, 0.717) is 17.9 Å². The molecule has 2 aliphatic heterocycles. The fourth-order valence-electron chi connectivity index (χ4n) is 4.57. The number of nitrogens with one attached hydrogen (secondary N) is 1. The SMILES string of the molecule is NN1C=C[NH+]2C(c3cccc(OCc4ccccc4S(=O)(=O)c4ccccc4)c3)=NC(C3=CC=C3)=C2C1. The summed E-state index contributed by atoms with van der Waals surface area (Å²) in [7, 11) is -3.67. The number of hydrazine groups is 1. The minimum absolute atomic E-state index is 0.114. The number of aliphatic imine (C=N–C) groups is 1. The molecule has 0 saturated carbocycles. The van der Waals surface area contributed by atoms with Crippen molar-refractivity contribution in [2.45, 2.75) is 16.4 Å². The molecule has 1 aliphatic carbocycles. The van der Waals surface area contributed by atoms with Gasteiger partial charge in [0.2, 0.25) is 15.7 Å². The van der Waals surface area contributed by atoms with Gasteiger partial charge in [0.05, 0.1) is 21.6 Å². The summed E-state index contributed by atoms with van der Waals surface area (Å²) in [6.45, 7) is 0.700. The molecule has 0 spiro atoms. The Bertz CT molecular complexity index is 1640. The average molecular weight is 510 g/mol. The first-order chi connectivity index (χ1) is 18.0. The Labute approximate surface area is 215 Å². The lowest BCUT2D eigenvalue weighted by molar-refractivity contribution is -0.701. The molecule has 0 fully saturated rings. The first-order valence-electron chi connectivity index (χ1n) is 11.9. The van der Waals surface area contributed by atoms with E-state index in [1.165, 1.54) is 0 Å². The van der Waals surface area contributed by atoms with Gasteiger partial charge in [-0.05, 0) is 36.4 Å². The summed E-state index contributed by atoms with van der Waals surface area (Å²) in [5.41, 5.74) is 4.65. The molecule has 7 nitrogen and oxygen atoms in total. The summed E-state index contributed by atoms with van der Waals surface area (Å²) in [6.07, 6.45) is 9.94. The third-order valence-corrected chi connectivity index (χ3v) is 8.38. The molecule has 37 heavy (non-hydrogen) atoms. The van der Waals surface area contributed by atoms with Crippen LogP contribution in [0.5, 0.6) is 5.75 Å². The molecule has 0 bridgehead atoms. The Kier molecular flexibility index (Phi) is 5.84. The Balaban J connectivity index is 1.26. The highest BCUT2D eigenvalue weighted by Gasteiger charge is 2.36. The van der Waals surface area contributed by atoms with Gasteiger partial charge < -0.3 is 9.75 Å². The molecular formula is C29H25N4O3S+. The maximum absolute atomic E-state index is 13.3. The Hall–Kier alpha value is -4.24. The van der Waals surface area contributed by atoms with E-state index >= 15 is 0 Å². The number of nitrogens with zero attached hydrogens (tertiary/aromatic N) is 2. The average Bonchev–Trinajstić information content (AvgIpc) is 3.25. The standard InChI is InChI=1S/C29H24N4O3S/c30-32-16-17-33-26(19-32)28(21-9-6-10-21)31-29(33)22-11-7-12-24(18-22)36-20-23-8-4-5-15-27(23)37(34,35)25-13-2-1-3-14-25/h1-18H,19-20,30H2/p+1. The van der Waals surface area contributed by atoms with Crippen molar-refractivity contribution in [2.75, 3.05) is 6.54 Å². The molecule has 0 amide bonds. The van der Waals surface area contributed by atoms with Crippen molar-refractivity contribution in [2.24, 2.45) is 10.8 Å². The molecule has 6 rings (SSSR count). The minimum Gasteiger partial charge on any atom is -0.489 e. The van der Waals surface area contributed by atoms with Gasteiger partial charge in [0.25, 0.3) is 0 Å². The van der Waals surface area contributed by atoms with E-state index in [-0.39, 0.29) is 16.4 Å². The van der Waals surface area contributed by atoms with E-state index in [1.54, 1.807) is 53.5 Å². The number of hydrogen-bond acceptors (Lipinski definition) is 6. The number of sulfone groups is 1. The Morgan fingerprint density at radius 2 is 1.78 bits per heavy atom. The fraction of sp³-hybridized carbons (Fsp3) is 0.0690. The molecule has 1 atom stereocenters. The third-order valence-electron chi connectivity index (χ3n) is 6.51. The summed E-state index contributed by atoms with van der Waals surface area (Å²) in [6, 6.07) is 23.1. The highest BCUT2D eigenvalue weighted by molar-refractivity contribution is 7.91. The third kappa shape index (κ3) is 4.31.